The molecule has 1 spiro atoms. The standard InChI is InChI=1S/C10H18O4/c11-6-8(12)9-7-13-10(14-9)4-2-1-3-5-10/h8-9,11-12H,1-7H2/t8-,9-/m0/s1. The van der Waals surface area contributed by atoms with Crippen LogP contribution in [-0.4, -0.2) is 41.4 Å². The molecule has 0 bridgehead atoms. The lowest BCUT2D eigenvalue weighted by atomic mass is 9.94. The molecule has 4 heteroatoms. The van der Waals surface area contributed by atoms with E-state index in [1.54, 1.807) is 0 Å². The Morgan fingerprint density at radius 2 is 2.00 bits per heavy atom. The van der Waals surface area contributed by atoms with Crippen LogP contribution in [0.1, 0.15) is 32.1 Å². The summed E-state index contributed by atoms with van der Waals surface area (Å²) in [4.78, 5) is 0. The second-order valence-electron chi connectivity index (χ2n) is 4.19. The number of ether oxygens (including phenoxy) is 2. The third kappa shape index (κ3) is 1.93. The van der Waals surface area contributed by atoms with Gasteiger partial charge in [-0.3, -0.25) is 0 Å². The molecule has 2 fully saturated rings. The lowest BCUT2D eigenvalue weighted by Crippen LogP contribution is -2.37. The lowest BCUT2D eigenvalue weighted by Gasteiger charge is -2.32. The highest BCUT2D eigenvalue weighted by molar-refractivity contribution is 4.84. The Labute approximate surface area is 83.8 Å². The second-order valence-corrected chi connectivity index (χ2v) is 4.19. The summed E-state index contributed by atoms with van der Waals surface area (Å²) in [5.41, 5.74) is 0. The Kier molecular flexibility index (Phi) is 3.07. The van der Waals surface area contributed by atoms with Gasteiger partial charge in [0.1, 0.15) is 12.2 Å². The molecule has 14 heavy (non-hydrogen) atoms. The third-order valence-electron chi connectivity index (χ3n) is 3.11. The molecule has 1 heterocycles. The van der Waals surface area contributed by atoms with Crippen LogP contribution in [-0.2, 0) is 9.47 Å². The molecule has 4 nitrogen and oxygen atoms in total. The van der Waals surface area contributed by atoms with Gasteiger partial charge in [0.25, 0.3) is 0 Å². The van der Waals surface area contributed by atoms with E-state index in [9.17, 15) is 5.11 Å². The molecule has 2 aliphatic rings. The summed E-state index contributed by atoms with van der Waals surface area (Å²) in [5, 5.41) is 18.2. The fraction of sp³-hybridized carbons (Fsp3) is 1.00. The van der Waals surface area contributed by atoms with Crippen LogP contribution >= 0.6 is 0 Å². The van der Waals surface area contributed by atoms with E-state index < -0.39 is 11.9 Å². The molecule has 2 rings (SSSR count). The fourth-order valence-corrected chi connectivity index (χ4v) is 2.24. The van der Waals surface area contributed by atoms with E-state index in [1.807, 2.05) is 0 Å². The fourth-order valence-electron chi connectivity index (χ4n) is 2.24. The summed E-state index contributed by atoms with van der Waals surface area (Å²) < 4.78 is 11.3. The highest BCUT2D eigenvalue weighted by Crippen LogP contribution is 2.38. The molecule has 2 atom stereocenters. The largest absolute Gasteiger partial charge is 0.394 e. The van der Waals surface area contributed by atoms with E-state index in [1.165, 1.54) is 6.42 Å². The van der Waals surface area contributed by atoms with Crippen molar-refractivity contribution in [1.82, 2.24) is 0 Å². The molecule has 1 saturated carbocycles. The maximum atomic E-state index is 9.42. The van der Waals surface area contributed by atoms with Crippen LogP contribution in [0.5, 0.6) is 0 Å². The van der Waals surface area contributed by atoms with Gasteiger partial charge in [0.05, 0.1) is 13.2 Å². The quantitative estimate of drug-likeness (QED) is 0.681. The number of hydrogen-bond donors (Lipinski definition) is 2. The van der Waals surface area contributed by atoms with Crippen LogP contribution in [0.4, 0.5) is 0 Å². The molecular formula is C10H18O4. The monoisotopic (exact) mass is 202 g/mol. The predicted octanol–water partition coefficient (Wildman–Crippen LogP) is 0.415. The summed E-state index contributed by atoms with van der Waals surface area (Å²) in [7, 11) is 0. The Hall–Kier alpha value is -0.160. The highest BCUT2D eigenvalue weighted by atomic mass is 16.7. The van der Waals surface area contributed by atoms with Crippen molar-refractivity contribution in [2.75, 3.05) is 13.2 Å². The van der Waals surface area contributed by atoms with Crippen molar-refractivity contribution in [3.63, 3.8) is 0 Å². The van der Waals surface area contributed by atoms with Crippen molar-refractivity contribution in [1.29, 1.82) is 0 Å². The van der Waals surface area contributed by atoms with Crippen LogP contribution < -0.4 is 0 Å². The molecule has 82 valence electrons. The van der Waals surface area contributed by atoms with Gasteiger partial charge < -0.3 is 19.7 Å². The number of rotatable bonds is 2. The van der Waals surface area contributed by atoms with Gasteiger partial charge in [0.2, 0.25) is 0 Å². The van der Waals surface area contributed by atoms with Crippen molar-refractivity contribution in [3.05, 3.63) is 0 Å². The van der Waals surface area contributed by atoms with Gasteiger partial charge in [-0.15, -0.1) is 0 Å². The maximum absolute atomic E-state index is 9.42. The van der Waals surface area contributed by atoms with Crippen molar-refractivity contribution < 1.29 is 19.7 Å². The maximum Gasteiger partial charge on any atom is 0.169 e. The van der Waals surface area contributed by atoms with Gasteiger partial charge in [-0.25, -0.2) is 0 Å². The normalized spacial score (nSPS) is 33.4. The number of aliphatic hydroxyl groups excluding tert-OH is 2. The van der Waals surface area contributed by atoms with Gasteiger partial charge in [0.15, 0.2) is 5.79 Å². The first-order chi connectivity index (χ1) is 6.76. The zero-order valence-electron chi connectivity index (χ0n) is 8.32. The first-order valence-electron chi connectivity index (χ1n) is 5.36. The van der Waals surface area contributed by atoms with E-state index in [4.69, 9.17) is 14.6 Å². The topological polar surface area (TPSA) is 58.9 Å². The van der Waals surface area contributed by atoms with Crippen LogP contribution in [0.15, 0.2) is 0 Å². The zero-order chi connectivity index (χ0) is 10.0. The van der Waals surface area contributed by atoms with Gasteiger partial charge in [-0.1, -0.05) is 6.42 Å². The van der Waals surface area contributed by atoms with Gasteiger partial charge in [-0.2, -0.15) is 0 Å². The van der Waals surface area contributed by atoms with Crippen LogP contribution in [0, 0.1) is 0 Å². The summed E-state index contributed by atoms with van der Waals surface area (Å²) in [6.45, 7) is 0.145. The van der Waals surface area contributed by atoms with Crippen molar-refractivity contribution in [2.45, 2.75) is 50.1 Å². The Morgan fingerprint density at radius 1 is 1.29 bits per heavy atom. The average molecular weight is 202 g/mol. The van der Waals surface area contributed by atoms with Crippen molar-refractivity contribution >= 4 is 0 Å². The molecular weight excluding hydrogens is 184 g/mol. The molecule has 1 aliphatic heterocycles. The van der Waals surface area contributed by atoms with E-state index in [0.717, 1.165) is 25.7 Å². The van der Waals surface area contributed by atoms with Gasteiger partial charge in [-0.05, 0) is 12.8 Å². The van der Waals surface area contributed by atoms with E-state index in [0.29, 0.717) is 6.61 Å². The second kappa shape index (κ2) is 4.14. The smallest absolute Gasteiger partial charge is 0.169 e. The molecule has 1 aliphatic carbocycles. The molecule has 0 unspecified atom stereocenters. The molecule has 0 aromatic carbocycles. The summed E-state index contributed by atoms with van der Waals surface area (Å²) >= 11 is 0. The van der Waals surface area contributed by atoms with E-state index >= 15 is 0 Å². The minimum Gasteiger partial charge on any atom is -0.394 e. The lowest BCUT2D eigenvalue weighted by molar-refractivity contribution is -0.197. The number of hydrogen-bond acceptors (Lipinski definition) is 4. The van der Waals surface area contributed by atoms with Crippen LogP contribution in [0.2, 0.25) is 0 Å². The predicted molar refractivity (Wildman–Crippen MR) is 49.7 cm³/mol. The Balaban J connectivity index is 1.92. The average Bonchev–Trinajstić information content (AvgIpc) is 2.62. The Bertz CT molecular complexity index is 189. The molecule has 0 radical (unpaired) electrons. The van der Waals surface area contributed by atoms with Crippen LogP contribution in [0.25, 0.3) is 0 Å². The summed E-state index contributed by atoms with van der Waals surface area (Å²) in [6, 6.07) is 0. The van der Waals surface area contributed by atoms with E-state index in [2.05, 4.69) is 0 Å². The molecule has 0 amide bonds. The first kappa shape index (κ1) is 10.4. The Morgan fingerprint density at radius 3 is 2.64 bits per heavy atom. The molecule has 0 aromatic heterocycles. The van der Waals surface area contributed by atoms with Crippen molar-refractivity contribution in [3.8, 4) is 0 Å². The minimum atomic E-state index is -0.809. The molecule has 2 N–H and O–H groups in total. The SMILES string of the molecule is OC[C@H](O)[C@@H]1COC2(CCCCC2)O1. The third-order valence-corrected chi connectivity index (χ3v) is 3.11. The zero-order valence-corrected chi connectivity index (χ0v) is 8.32. The van der Waals surface area contributed by atoms with E-state index in [-0.39, 0.29) is 12.7 Å². The molecule has 0 aromatic rings. The van der Waals surface area contributed by atoms with Crippen molar-refractivity contribution in [2.24, 2.45) is 0 Å². The van der Waals surface area contributed by atoms with Gasteiger partial charge >= 0.3 is 0 Å². The molecule has 1 saturated heterocycles. The summed E-state index contributed by atoms with van der Waals surface area (Å²) in [6.07, 6.45) is 4.17. The van der Waals surface area contributed by atoms with Gasteiger partial charge in [0, 0.05) is 12.8 Å². The first-order valence-corrected chi connectivity index (χ1v) is 5.36. The highest BCUT2D eigenvalue weighted by Gasteiger charge is 2.44. The number of aliphatic hydroxyl groups is 2. The summed E-state index contributed by atoms with van der Waals surface area (Å²) in [5.74, 6) is -0.445. The minimum absolute atomic E-state index is 0.260. The van der Waals surface area contributed by atoms with Crippen LogP contribution in [0.3, 0.4) is 0 Å².